The molecule has 0 amide bonds. The Balaban J connectivity index is 1.33. The monoisotopic (exact) mass is 472 g/mol. The number of esters is 1. The van der Waals surface area contributed by atoms with Crippen molar-refractivity contribution in [3.63, 3.8) is 0 Å². The molecule has 0 aromatic carbocycles. The molecule has 34 heavy (non-hydrogen) atoms. The van der Waals surface area contributed by atoms with E-state index in [1.54, 1.807) is 12.2 Å². The molecule has 0 aromatic rings. The van der Waals surface area contributed by atoms with Gasteiger partial charge in [0.1, 0.15) is 17.8 Å². The third kappa shape index (κ3) is 2.53. The summed E-state index contributed by atoms with van der Waals surface area (Å²) >= 11 is 0. The Morgan fingerprint density at radius 1 is 1.09 bits per heavy atom. The van der Waals surface area contributed by atoms with Gasteiger partial charge in [0.25, 0.3) is 0 Å². The van der Waals surface area contributed by atoms with Gasteiger partial charge in [-0.25, -0.2) is 0 Å². The molecular weight excluding hydrogens is 432 g/mol. The van der Waals surface area contributed by atoms with Gasteiger partial charge in [0.05, 0.1) is 23.0 Å². The number of epoxide rings is 1. The summed E-state index contributed by atoms with van der Waals surface area (Å²) in [6.07, 6.45) is 7.12. The van der Waals surface area contributed by atoms with E-state index in [4.69, 9.17) is 9.47 Å². The lowest BCUT2D eigenvalue weighted by atomic mass is 9.42. The highest BCUT2D eigenvalue weighted by Crippen LogP contribution is 2.73. The van der Waals surface area contributed by atoms with E-state index in [0.29, 0.717) is 18.8 Å². The molecule has 0 bridgehead atoms. The van der Waals surface area contributed by atoms with E-state index in [1.165, 1.54) is 0 Å². The second-order valence-electron chi connectivity index (χ2n) is 13.1. The van der Waals surface area contributed by atoms with Crippen molar-refractivity contribution in [1.82, 2.24) is 0 Å². The van der Waals surface area contributed by atoms with Gasteiger partial charge in [0.2, 0.25) is 0 Å². The number of hydrogen-bond acceptors (Lipinski definition) is 6. The first-order valence-electron chi connectivity index (χ1n) is 13.4. The van der Waals surface area contributed by atoms with Crippen molar-refractivity contribution < 1.29 is 29.3 Å². The molecule has 13 atom stereocenters. The third-order valence-corrected chi connectivity index (χ3v) is 12.1. The Bertz CT molecular complexity index is 961. The van der Waals surface area contributed by atoms with E-state index in [-0.39, 0.29) is 59.0 Å². The Kier molecular flexibility index (Phi) is 4.74. The van der Waals surface area contributed by atoms with Crippen molar-refractivity contribution in [2.24, 2.45) is 46.3 Å². The van der Waals surface area contributed by atoms with E-state index in [1.807, 2.05) is 13.8 Å². The fraction of sp³-hybridized carbons (Fsp3) is 0.857. The van der Waals surface area contributed by atoms with Gasteiger partial charge >= 0.3 is 5.97 Å². The van der Waals surface area contributed by atoms with E-state index >= 15 is 0 Å². The molecule has 6 heteroatoms. The topological polar surface area (TPSA) is 96.4 Å². The standard InChI is InChI=1S/C28H40O6/c1-14-13-19(33-24(30)15(14)2)16(3)17-9-12-27(31)21-18(8-11-25(17,27)4)26(5)20(29)7-6-10-28(26,32)23-22(21)34-23/h6-7,14-19,21-23,31-32H,8-13H2,1-5H3/t14-,15+,16-,17+,18-,19+,21-,22-,23-,25+,26-,27+,28-/m0/s1. The van der Waals surface area contributed by atoms with Crippen molar-refractivity contribution in [3.8, 4) is 0 Å². The maximum Gasteiger partial charge on any atom is 0.309 e. The van der Waals surface area contributed by atoms with Gasteiger partial charge in [-0.15, -0.1) is 0 Å². The molecule has 6 nitrogen and oxygen atoms in total. The van der Waals surface area contributed by atoms with Crippen LogP contribution in [0.5, 0.6) is 0 Å². The van der Waals surface area contributed by atoms with Gasteiger partial charge in [-0.3, -0.25) is 9.59 Å². The number of ketones is 1. The SMILES string of the molecule is C[C@@H]([C@H]1CC[C@@]2(O)[C@@H]3[C@@H]4O[C@@H]4[C@@]4(O)CC=CC(=O)[C@]4(C)[C@H]3CC[C@]12C)[C@H]1C[C@H](C)[C@@H](C)C(=O)O1. The van der Waals surface area contributed by atoms with Gasteiger partial charge in [0.15, 0.2) is 5.78 Å². The predicted molar refractivity (Wildman–Crippen MR) is 124 cm³/mol. The smallest absolute Gasteiger partial charge is 0.309 e. The highest BCUT2D eigenvalue weighted by atomic mass is 16.6. The Morgan fingerprint density at radius 3 is 2.53 bits per heavy atom. The van der Waals surface area contributed by atoms with Gasteiger partial charge in [0, 0.05) is 5.92 Å². The first-order chi connectivity index (χ1) is 15.9. The molecule has 0 spiro atoms. The van der Waals surface area contributed by atoms with Crippen LogP contribution >= 0.6 is 0 Å². The molecule has 188 valence electrons. The minimum absolute atomic E-state index is 0.0301. The summed E-state index contributed by atoms with van der Waals surface area (Å²) in [6, 6.07) is 0. The molecule has 6 aliphatic rings. The number of fused-ring (bicyclic) bond motifs is 8. The highest BCUT2D eigenvalue weighted by Gasteiger charge is 2.80. The van der Waals surface area contributed by atoms with Gasteiger partial charge in [-0.1, -0.05) is 33.8 Å². The minimum Gasteiger partial charge on any atom is -0.462 e. The molecule has 2 N–H and O–H groups in total. The summed E-state index contributed by atoms with van der Waals surface area (Å²) in [5.74, 6) is 0.196. The number of rotatable bonds is 2. The average Bonchev–Trinajstić information content (AvgIpc) is 3.53. The molecule has 2 saturated heterocycles. The van der Waals surface area contributed by atoms with E-state index in [2.05, 4.69) is 20.8 Å². The van der Waals surface area contributed by atoms with Gasteiger partial charge in [-0.05, 0) is 80.6 Å². The van der Waals surface area contributed by atoms with Gasteiger partial charge in [-0.2, -0.15) is 0 Å². The first-order valence-corrected chi connectivity index (χ1v) is 13.4. The minimum atomic E-state index is -1.19. The molecule has 0 unspecified atom stereocenters. The van der Waals surface area contributed by atoms with Crippen LogP contribution in [0.25, 0.3) is 0 Å². The zero-order valence-corrected chi connectivity index (χ0v) is 21.1. The molecule has 0 radical (unpaired) electrons. The Labute approximate surface area is 202 Å². The van der Waals surface area contributed by atoms with Crippen LogP contribution in [0.1, 0.15) is 73.1 Å². The van der Waals surface area contributed by atoms with E-state index in [0.717, 1.165) is 25.7 Å². The summed E-state index contributed by atoms with van der Waals surface area (Å²) in [6.45, 7) is 10.4. The average molecular weight is 473 g/mol. The number of allylic oxidation sites excluding steroid dienone is 1. The first kappa shape index (κ1) is 23.2. The van der Waals surface area contributed by atoms with Crippen LogP contribution in [-0.4, -0.2) is 51.5 Å². The van der Waals surface area contributed by atoms with Crippen molar-refractivity contribution in [3.05, 3.63) is 12.2 Å². The lowest BCUT2D eigenvalue weighted by Crippen LogP contribution is -2.71. The lowest BCUT2D eigenvalue weighted by Gasteiger charge is -2.62. The Hall–Kier alpha value is -1.24. The second kappa shape index (κ2) is 6.95. The molecule has 2 heterocycles. The highest BCUT2D eigenvalue weighted by molar-refractivity contribution is 5.97. The molecule has 3 saturated carbocycles. The van der Waals surface area contributed by atoms with Crippen LogP contribution in [-0.2, 0) is 19.1 Å². The van der Waals surface area contributed by atoms with Crippen LogP contribution in [0.15, 0.2) is 12.2 Å². The number of carbonyl (C=O) groups is 2. The largest absolute Gasteiger partial charge is 0.462 e. The van der Waals surface area contributed by atoms with Gasteiger partial charge < -0.3 is 19.7 Å². The van der Waals surface area contributed by atoms with Crippen LogP contribution in [0, 0.1) is 46.3 Å². The van der Waals surface area contributed by atoms with Crippen molar-refractivity contribution in [2.45, 2.75) is 103 Å². The van der Waals surface area contributed by atoms with E-state index < -0.39 is 22.7 Å². The van der Waals surface area contributed by atoms with Crippen LogP contribution in [0.2, 0.25) is 0 Å². The van der Waals surface area contributed by atoms with Crippen molar-refractivity contribution in [2.75, 3.05) is 0 Å². The van der Waals surface area contributed by atoms with Crippen LogP contribution < -0.4 is 0 Å². The Morgan fingerprint density at radius 2 is 1.82 bits per heavy atom. The summed E-state index contributed by atoms with van der Waals surface area (Å²) in [4.78, 5) is 25.8. The van der Waals surface area contributed by atoms with Crippen LogP contribution in [0.4, 0.5) is 0 Å². The summed E-state index contributed by atoms with van der Waals surface area (Å²) in [7, 11) is 0. The van der Waals surface area contributed by atoms with Crippen LogP contribution in [0.3, 0.4) is 0 Å². The number of aliphatic hydroxyl groups is 2. The molecular formula is C28H40O6. The fourth-order valence-corrected chi connectivity index (χ4v) is 9.54. The summed E-state index contributed by atoms with van der Waals surface area (Å²) in [5, 5.41) is 24.2. The third-order valence-electron chi connectivity index (χ3n) is 12.1. The summed E-state index contributed by atoms with van der Waals surface area (Å²) in [5.41, 5.74) is -3.43. The summed E-state index contributed by atoms with van der Waals surface area (Å²) < 4.78 is 12.1. The fourth-order valence-electron chi connectivity index (χ4n) is 9.54. The van der Waals surface area contributed by atoms with Crippen molar-refractivity contribution >= 4 is 11.8 Å². The number of ether oxygens (including phenoxy) is 2. The molecule has 4 aliphatic carbocycles. The maximum absolute atomic E-state index is 13.3. The lowest BCUT2D eigenvalue weighted by molar-refractivity contribution is -0.225. The molecule has 6 rings (SSSR count). The second-order valence-corrected chi connectivity index (χ2v) is 13.1. The number of hydrogen-bond donors (Lipinski definition) is 2. The number of cyclic esters (lactones) is 1. The van der Waals surface area contributed by atoms with Crippen molar-refractivity contribution in [1.29, 1.82) is 0 Å². The van der Waals surface area contributed by atoms with E-state index in [9.17, 15) is 19.8 Å². The normalized spacial score (nSPS) is 58.8. The molecule has 0 aromatic heterocycles. The molecule has 5 fully saturated rings. The number of carbonyl (C=O) groups excluding carboxylic acids is 2. The quantitative estimate of drug-likeness (QED) is 0.472. The zero-order chi connectivity index (χ0) is 24.4. The molecule has 2 aliphatic heterocycles. The zero-order valence-electron chi connectivity index (χ0n) is 21.1. The predicted octanol–water partition coefficient (Wildman–Crippen LogP) is 3.43. The maximum atomic E-state index is 13.3.